The van der Waals surface area contributed by atoms with Crippen molar-refractivity contribution in [3.63, 3.8) is 0 Å². The molecule has 19 heteroatoms. The van der Waals surface area contributed by atoms with E-state index in [-0.39, 0.29) is 18.1 Å². The molecule has 8 N–H and O–H groups in total. The van der Waals surface area contributed by atoms with E-state index in [1.54, 1.807) is 0 Å². The highest BCUT2D eigenvalue weighted by Crippen LogP contribution is 2.31. The molecule has 0 bridgehead atoms. The number of hydrogen-bond acceptors (Lipinski definition) is 10. The number of unbranched alkanes of at least 4 members (excludes halogenated alkanes) is 1. The van der Waals surface area contributed by atoms with Gasteiger partial charge >= 0.3 is 20.4 Å². The van der Waals surface area contributed by atoms with Gasteiger partial charge in [-0.15, -0.1) is 0 Å². The molecule has 0 saturated heterocycles. The van der Waals surface area contributed by atoms with Gasteiger partial charge < -0.3 is 36.5 Å². The summed E-state index contributed by atoms with van der Waals surface area (Å²) in [5.74, 6) is -1.63. The Labute approximate surface area is 235 Å². The molecule has 0 spiro atoms. The molecule has 1 unspecified atom stereocenters. The lowest BCUT2D eigenvalue weighted by atomic mass is 9.79. The molecule has 0 fully saturated rings. The number of hydrogen-bond donors (Lipinski definition) is 7. The molecule has 0 radical (unpaired) electrons. The highest BCUT2D eigenvalue weighted by molar-refractivity contribution is 7.91. The Morgan fingerprint density at radius 1 is 0.902 bits per heavy atom. The van der Waals surface area contributed by atoms with E-state index < -0.39 is 86.5 Å². The van der Waals surface area contributed by atoms with Gasteiger partial charge in [-0.3, -0.25) is 14.4 Å². The number of benzene rings is 2. The number of carbonyl (C=O) groups is 3. The third-order valence-electron chi connectivity index (χ3n) is 5.70. The maximum Gasteiger partial charge on any atom is 0.488 e. The van der Waals surface area contributed by atoms with Crippen LogP contribution in [0.15, 0.2) is 46.2 Å². The molecule has 0 saturated carbocycles. The van der Waals surface area contributed by atoms with Crippen molar-refractivity contribution < 1.29 is 56.1 Å². The standard InChI is InChI=1S/C22H27B2F3N3O9PS/c25-22(26,27)13-7-15(24(36)37)10-17(8-13)41(38,39)16-6-12(5-14(9-16)23(34)35)20(32)30-11-19(31)29-4-2-1-3-18(28)21(33)40/h5-10,18,34-37H,1-4,11,28,40H2,(H,29,31)(H,30,32)/t18-/m0/s1. The summed E-state index contributed by atoms with van der Waals surface area (Å²) in [4.78, 5) is 34.0. The van der Waals surface area contributed by atoms with Crippen molar-refractivity contribution in [3.05, 3.63) is 47.5 Å². The van der Waals surface area contributed by atoms with Crippen LogP contribution in [-0.2, 0) is 25.6 Å². The SMILES string of the molecule is N[C@@H](CCCCNC(=O)CNC(=O)c1cc(B(O)O)cc(S(=O)(=O)c2cc(B(O)O)cc(C(F)(F)F)c2)c1)C(=O)P. The van der Waals surface area contributed by atoms with Crippen molar-refractivity contribution in [2.45, 2.75) is 41.3 Å². The third kappa shape index (κ3) is 9.88. The number of amides is 2. The Kier molecular flexibility index (Phi) is 12.0. The summed E-state index contributed by atoms with van der Waals surface area (Å²) in [6, 6.07) is 2.93. The molecule has 0 heterocycles. The second-order valence-corrected chi connectivity index (χ2v) is 11.4. The lowest BCUT2D eigenvalue weighted by Crippen LogP contribution is -2.38. The van der Waals surface area contributed by atoms with Gasteiger partial charge in [0.25, 0.3) is 5.91 Å². The lowest BCUT2D eigenvalue weighted by Gasteiger charge is -2.14. The van der Waals surface area contributed by atoms with E-state index >= 15 is 0 Å². The van der Waals surface area contributed by atoms with Gasteiger partial charge in [-0.05, 0) is 60.5 Å². The Bertz CT molecular complexity index is 1400. The second kappa shape index (κ2) is 14.4. The monoisotopic (exact) mass is 619 g/mol. The molecule has 222 valence electrons. The molecule has 41 heavy (non-hydrogen) atoms. The Balaban J connectivity index is 2.25. The first kappa shape index (κ1) is 34.4. The van der Waals surface area contributed by atoms with Crippen molar-refractivity contribution in [1.29, 1.82) is 0 Å². The number of carbonyl (C=O) groups excluding carboxylic acids is 3. The van der Waals surface area contributed by atoms with Crippen LogP contribution < -0.4 is 27.3 Å². The van der Waals surface area contributed by atoms with Gasteiger partial charge in [0.05, 0.1) is 27.9 Å². The van der Waals surface area contributed by atoms with Crippen molar-refractivity contribution in [2.75, 3.05) is 13.1 Å². The number of sulfone groups is 1. The number of nitrogens with two attached hydrogens (primary N) is 1. The maximum absolute atomic E-state index is 13.3. The summed E-state index contributed by atoms with van der Waals surface area (Å²) in [7, 11) is -7.63. The fourth-order valence-corrected chi connectivity index (χ4v) is 5.05. The minimum atomic E-state index is -5.05. The van der Waals surface area contributed by atoms with Crippen LogP contribution in [0.4, 0.5) is 13.2 Å². The van der Waals surface area contributed by atoms with Gasteiger partial charge in [0, 0.05) is 12.1 Å². The zero-order valence-corrected chi connectivity index (χ0v) is 23.2. The van der Waals surface area contributed by atoms with Crippen LogP contribution in [-0.4, -0.2) is 79.2 Å². The molecule has 2 aromatic rings. The Hall–Kier alpha value is -2.85. The van der Waals surface area contributed by atoms with Gasteiger partial charge in [0.15, 0.2) is 5.52 Å². The molecule has 2 atom stereocenters. The van der Waals surface area contributed by atoms with E-state index in [4.69, 9.17) is 5.73 Å². The summed E-state index contributed by atoms with van der Waals surface area (Å²) < 4.78 is 66.5. The Morgan fingerprint density at radius 3 is 2.00 bits per heavy atom. The maximum atomic E-state index is 13.3. The third-order valence-corrected chi connectivity index (χ3v) is 7.84. The zero-order chi connectivity index (χ0) is 31.1. The molecule has 12 nitrogen and oxygen atoms in total. The number of alkyl halides is 3. The summed E-state index contributed by atoms with van der Waals surface area (Å²) in [6.07, 6.45) is -3.60. The van der Waals surface area contributed by atoms with Gasteiger partial charge in [-0.1, -0.05) is 15.3 Å². The van der Waals surface area contributed by atoms with Crippen LogP contribution in [0, 0.1) is 0 Å². The van der Waals surface area contributed by atoms with Crippen molar-refractivity contribution in [3.8, 4) is 0 Å². The number of nitrogens with one attached hydrogen (secondary N) is 2. The minimum absolute atomic E-state index is 0.211. The quantitative estimate of drug-likeness (QED) is 0.0720. The fraction of sp³-hybridized carbons (Fsp3) is 0.318. The van der Waals surface area contributed by atoms with Crippen LogP contribution in [0.2, 0.25) is 0 Å². The topological polar surface area (TPSA) is 216 Å². The molecule has 0 aromatic heterocycles. The van der Waals surface area contributed by atoms with Crippen molar-refractivity contribution >= 4 is 61.6 Å². The van der Waals surface area contributed by atoms with Crippen LogP contribution in [0.25, 0.3) is 0 Å². The van der Waals surface area contributed by atoms with Crippen LogP contribution in [0.5, 0.6) is 0 Å². The van der Waals surface area contributed by atoms with Gasteiger partial charge in [-0.2, -0.15) is 13.2 Å². The highest BCUT2D eigenvalue weighted by atomic mass is 32.2. The van der Waals surface area contributed by atoms with Gasteiger partial charge in [0.1, 0.15) is 0 Å². The van der Waals surface area contributed by atoms with E-state index in [9.17, 15) is 56.1 Å². The average Bonchev–Trinajstić information content (AvgIpc) is 2.90. The predicted octanol–water partition coefficient (Wildman–Crippen LogP) is -2.36. The predicted molar refractivity (Wildman–Crippen MR) is 145 cm³/mol. The largest absolute Gasteiger partial charge is 0.488 e. The first-order valence-corrected chi connectivity index (χ1v) is 13.9. The van der Waals surface area contributed by atoms with Crippen molar-refractivity contribution in [2.24, 2.45) is 5.73 Å². The first-order chi connectivity index (χ1) is 18.9. The Morgan fingerprint density at radius 2 is 1.46 bits per heavy atom. The lowest BCUT2D eigenvalue weighted by molar-refractivity contribution is -0.137. The fourth-order valence-electron chi connectivity index (χ4n) is 3.47. The average molecular weight is 619 g/mol. The van der Waals surface area contributed by atoms with Gasteiger partial charge in [-0.25, -0.2) is 8.42 Å². The number of halogens is 3. The van der Waals surface area contributed by atoms with E-state index in [1.165, 1.54) is 0 Å². The summed E-state index contributed by atoms with van der Waals surface area (Å²) in [5.41, 5.74) is 2.12. The smallest absolute Gasteiger partial charge is 0.423 e. The van der Waals surface area contributed by atoms with Crippen molar-refractivity contribution in [1.82, 2.24) is 10.6 Å². The van der Waals surface area contributed by atoms with Gasteiger partial charge in [0.2, 0.25) is 15.7 Å². The molecule has 2 aromatic carbocycles. The number of rotatable bonds is 13. The zero-order valence-electron chi connectivity index (χ0n) is 21.3. The highest BCUT2D eigenvalue weighted by Gasteiger charge is 2.34. The molecular formula is C22H27B2F3N3O9PS. The van der Waals surface area contributed by atoms with E-state index in [1.807, 2.05) is 9.24 Å². The summed E-state index contributed by atoms with van der Waals surface area (Å²) >= 11 is 0. The molecule has 0 aliphatic heterocycles. The van der Waals surface area contributed by atoms with Crippen LogP contribution >= 0.6 is 9.24 Å². The van der Waals surface area contributed by atoms with Crippen LogP contribution in [0.3, 0.4) is 0 Å². The van der Waals surface area contributed by atoms with E-state index in [2.05, 4.69) is 10.6 Å². The molecular weight excluding hydrogens is 592 g/mol. The molecule has 0 aliphatic rings. The first-order valence-electron chi connectivity index (χ1n) is 11.9. The molecule has 2 rings (SSSR count). The minimum Gasteiger partial charge on any atom is -0.423 e. The van der Waals surface area contributed by atoms with Crippen LogP contribution in [0.1, 0.15) is 35.2 Å². The van der Waals surface area contributed by atoms with E-state index in [0.717, 1.165) is 18.2 Å². The second-order valence-electron chi connectivity index (χ2n) is 8.87. The summed E-state index contributed by atoms with van der Waals surface area (Å²) in [5, 5.41) is 42.7. The molecule has 2 amide bonds. The van der Waals surface area contributed by atoms with E-state index in [0.29, 0.717) is 31.4 Å². The summed E-state index contributed by atoms with van der Waals surface area (Å²) in [6.45, 7) is -0.343. The molecule has 0 aliphatic carbocycles. The normalized spacial score (nSPS) is 12.4.